The van der Waals surface area contributed by atoms with Crippen LogP contribution < -0.4 is 5.32 Å². The van der Waals surface area contributed by atoms with E-state index in [1.165, 1.54) is 29.7 Å². The quantitative estimate of drug-likeness (QED) is 0.887. The van der Waals surface area contributed by atoms with Crippen LogP contribution in [0.5, 0.6) is 0 Å². The van der Waals surface area contributed by atoms with Crippen molar-refractivity contribution in [3.05, 3.63) is 56.8 Å². The highest BCUT2D eigenvalue weighted by atomic mass is 32.1. The Kier molecular flexibility index (Phi) is 3.85. The maximum Gasteiger partial charge on any atom is 0.335 e. The van der Waals surface area contributed by atoms with Crippen molar-refractivity contribution in [3.63, 3.8) is 0 Å². The molecule has 0 radical (unpaired) electrons. The van der Waals surface area contributed by atoms with Gasteiger partial charge in [-0.25, -0.2) is 4.79 Å². The molecule has 2 aromatic rings. The largest absolute Gasteiger partial charge is 0.478 e. The molecule has 0 saturated carbocycles. The molecule has 1 aliphatic rings. The molecule has 0 unspecified atom stereocenters. The summed E-state index contributed by atoms with van der Waals surface area (Å²) in [5.74, 6) is -0.877. The Labute approximate surface area is 122 Å². The number of carbonyl (C=O) groups is 1. The average Bonchev–Trinajstić information content (AvgIpc) is 3.00. The summed E-state index contributed by atoms with van der Waals surface area (Å²) >= 11 is 1.92. The number of fused-ring (bicyclic) bond motifs is 1. The number of benzene rings is 1. The molecule has 3 rings (SSSR count). The first-order chi connectivity index (χ1) is 9.72. The Morgan fingerprint density at radius 2 is 2.00 bits per heavy atom. The monoisotopic (exact) mass is 287 g/mol. The van der Waals surface area contributed by atoms with Gasteiger partial charge in [-0.15, -0.1) is 11.3 Å². The summed E-state index contributed by atoms with van der Waals surface area (Å²) < 4.78 is 0. The molecular formula is C16H17NO2S. The minimum absolute atomic E-state index is 0.337. The zero-order chi connectivity index (χ0) is 13.9. The fourth-order valence-corrected chi connectivity index (χ4v) is 3.80. The molecular weight excluding hydrogens is 270 g/mol. The number of aromatic carboxylic acids is 1. The summed E-state index contributed by atoms with van der Waals surface area (Å²) in [6.45, 7) is 1.65. The van der Waals surface area contributed by atoms with Crippen molar-refractivity contribution < 1.29 is 9.90 Å². The predicted molar refractivity (Wildman–Crippen MR) is 80.3 cm³/mol. The Morgan fingerprint density at radius 3 is 2.70 bits per heavy atom. The van der Waals surface area contributed by atoms with Gasteiger partial charge in [0.2, 0.25) is 0 Å². The molecule has 1 aromatic carbocycles. The van der Waals surface area contributed by atoms with Gasteiger partial charge in [-0.3, -0.25) is 0 Å². The molecule has 2 N–H and O–H groups in total. The molecule has 0 spiro atoms. The molecule has 1 heterocycles. The van der Waals surface area contributed by atoms with Gasteiger partial charge < -0.3 is 10.4 Å². The van der Waals surface area contributed by atoms with E-state index in [1.807, 2.05) is 23.5 Å². The maximum atomic E-state index is 10.8. The molecule has 104 valence electrons. The zero-order valence-corrected chi connectivity index (χ0v) is 12.0. The van der Waals surface area contributed by atoms with Gasteiger partial charge in [0.1, 0.15) is 0 Å². The van der Waals surface area contributed by atoms with Gasteiger partial charge in [0.15, 0.2) is 0 Å². The summed E-state index contributed by atoms with van der Waals surface area (Å²) in [7, 11) is 0. The third-order valence-electron chi connectivity index (χ3n) is 3.63. The van der Waals surface area contributed by atoms with Crippen molar-refractivity contribution in [2.75, 3.05) is 0 Å². The fourth-order valence-electron chi connectivity index (χ4n) is 2.57. The van der Waals surface area contributed by atoms with Crippen LogP contribution in [0.3, 0.4) is 0 Å². The highest BCUT2D eigenvalue weighted by Crippen LogP contribution is 2.30. The first kappa shape index (κ1) is 13.3. The summed E-state index contributed by atoms with van der Waals surface area (Å²) in [6.07, 6.45) is 3.80. The van der Waals surface area contributed by atoms with Gasteiger partial charge in [-0.2, -0.15) is 0 Å². The smallest absolute Gasteiger partial charge is 0.335 e. The minimum Gasteiger partial charge on any atom is -0.478 e. The zero-order valence-electron chi connectivity index (χ0n) is 11.2. The van der Waals surface area contributed by atoms with Crippen LogP contribution >= 0.6 is 11.3 Å². The first-order valence-electron chi connectivity index (χ1n) is 6.86. The van der Waals surface area contributed by atoms with Crippen molar-refractivity contribution in [1.29, 1.82) is 0 Å². The molecule has 1 aliphatic carbocycles. The van der Waals surface area contributed by atoms with E-state index in [9.17, 15) is 4.79 Å². The van der Waals surface area contributed by atoms with E-state index >= 15 is 0 Å². The second kappa shape index (κ2) is 5.77. The fraction of sp³-hybridized carbons (Fsp3) is 0.312. The van der Waals surface area contributed by atoms with Gasteiger partial charge in [-0.1, -0.05) is 12.1 Å². The molecule has 20 heavy (non-hydrogen) atoms. The van der Waals surface area contributed by atoms with E-state index in [2.05, 4.69) is 11.4 Å². The van der Waals surface area contributed by atoms with Gasteiger partial charge in [0.25, 0.3) is 0 Å². The lowest BCUT2D eigenvalue weighted by atomic mass is 10.1. The van der Waals surface area contributed by atoms with Crippen molar-refractivity contribution in [3.8, 4) is 0 Å². The van der Waals surface area contributed by atoms with E-state index in [0.29, 0.717) is 5.56 Å². The summed E-state index contributed by atoms with van der Waals surface area (Å²) in [4.78, 5) is 13.7. The molecule has 4 heteroatoms. The van der Waals surface area contributed by atoms with E-state index in [-0.39, 0.29) is 0 Å². The second-order valence-electron chi connectivity index (χ2n) is 5.12. The molecule has 3 nitrogen and oxygen atoms in total. The van der Waals surface area contributed by atoms with Crippen LogP contribution in [0.2, 0.25) is 0 Å². The van der Waals surface area contributed by atoms with Crippen molar-refractivity contribution in [2.24, 2.45) is 0 Å². The van der Waals surface area contributed by atoms with E-state index < -0.39 is 5.97 Å². The van der Waals surface area contributed by atoms with Crippen LogP contribution in [0, 0.1) is 0 Å². The average molecular weight is 287 g/mol. The number of carboxylic acid groups (broad SMARTS) is 1. The highest BCUT2D eigenvalue weighted by molar-refractivity contribution is 7.12. The number of thiophene rings is 1. The SMILES string of the molecule is O=C(O)c1ccc(CNCc2cc3c(s2)CCC3)cc1. The Morgan fingerprint density at radius 1 is 1.20 bits per heavy atom. The Hall–Kier alpha value is -1.65. The molecule has 1 aromatic heterocycles. The van der Waals surface area contributed by atoms with Gasteiger partial charge in [0.05, 0.1) is 5.56 Å². The summed E-state index contributed by atoms with van der Waals surface area (Å²) in [5, 5.41) is 12.3. The molecule has 0 bridgehead atoms. The third kappa shape index (κ3) is 2.92. The topological polar surface area (TPSA) is 49.3 Å². The molecule has 0 saturated heterocycles. The van der Waals surface area contributed by atoms with E-state index in [4.69, 9.17) is 5.11 Å². The maximum absolute atomic E-state index is 10.8. The number of rotatable bonds is 5. The van der Waals surface area contributed by atoms with Gasteiger partial charge in [-0.05, 0) is 48.6 Å². The molecule has 0 amide bonds. The highest BCUT2D eigenvalue weighted by Gasteiger charge is 2.14. The van der Waals surface area contributed by atoms with Crippen LogP contribution in [0.1, 0.15) is 37.7 Å². The van der Waals surface area contributed by atoms with E-state index in [1.54, 1.807) is 17.0 Å². The van der Waals surface area contributed by atoms with Gasteiger partial charge >= 0.3 is 5.97 Å². The minimum atomic E-state index is -0.877. The van der Waals surface area contributed by atoms with Crippen LogP contribution in [0.25, 0.3) is 0 Å². The number of carboxylic acids is 1. The third-order valence-corrected chi connectivity index (χ3v) is 4.86. The summed E-state index contributed by atoms with van der Waals surface area (Å²) in [6, 6.07) is 9.36. The van der Waals surface area contributed by atoms with Gasteiger partial charge in [0, 0.05) is 22.8 Å². The molecule has 0 fully saturated rings. The van der Waals surface area contributed by atoms with Crippen LogP contribution in [-0.4, -0.2) is 11.1 Å². The lowest BCUT2D eigenvalue weighted by Gasteiger charge is -2.04. The number of aryl methyl sites for hydroxylation is 2. The molecule has 0 aliphatic heterocycles. The van der Waals surface area contributed by atoms with Crippen molar-refractivity contribution in [2.45, 2.75) is 32.4 Å². The first-order valence-corrected chi connectivity index (χ1v) is 7.67. The predicted octanol–water partition coefficient (Wildman–Crippen LogP) is 3.22. The van der Waals surface area contributed by atoms with Crippen LogP contribution in [0.15, 0.2) is 30.3 Å². The van der Waals surface area contributed by atoms with Crippen molar-refractivity contribution >= 4 is 17.3 Å². The van der Waals surface area contributed by atoms with Crippen LogP contribution in [0.4, 0.5) is 0 Å². The second-order valence-corrected chi connectivity index (χ2v) is 6.34. The molecule has 0 atom stereocenters. The van der Waals surface area contributed by atoms with Crippen molar-refractivity contribution in [1.82, 2.24) is 5.32 Å². The number of hydrogen-bond donors (Lipinski definition) is 2. The lowest BCUT2D eigenvalue weighted by molar-refractivity contribution is 0.0697. The number of hydrogen-bond acceptors (Lipinski definition) is 3. The normalized spacial score (nSPS) is 13.4. The summed E-state index contributed by atoms with van der Waals surface area (Å²) in [5.41, 5.74) is 2.99. The Bertz CT molecular complexity index is 594. The van der Waals surface area contributed by atoms with E-state index in [0.717, 1.165) is 18.7 Å². The number of nitrogens with one attached hydrogen (secondary N) is 1. The van der Waals surface area contributed by atoms with Crippen LogP contribution in [-0.2, 0) is 25.9 Å². The Balaban J connectivity index is 1.53. The lowest BCUT2D eigenvalue weighted by Crippen LogP contribution is -2.11. The standard InChI is InChI=1S/C16H17NO2S/c18-16(19)12-6-4-11(5-7-12)9-17-10-14-8-13-2-1-3-15(13)20-14/h4-8,17H,1-3,9-10H2,(H,18,19).